The van der Waals surface area contributed by atoms with Crippen molar-refractivity contribution in [3.05, 3.63) is 29.1 Å². The Hall–Kier alpha value is -1.59. The molecule has 0 spiro atoms. The van der Waals surface area contributed by atoms with Crippen LogP contribution in [0.5, 0.6) is 5.75 Å². The maximum atomic E-state index is 6.05. The van der Waals surface area contributed by atoms with Crippen LogP contribution in [0.15, 0.2) is 22.7 Å². The Balaban J connectivity index is 1.93. The van der Waals surface area contributed by atoms with E-state index in [-0.39, 0.29) is 6.04 Å². The Morgan fingerprint density at radius 1 is 1.50 bits per heavy atom. The fourth-order valence-electron chi connectivity index (χ4n) is 2.34. The van der Waals surface area contributed by atoms with Gasteiger partial charge < -0.3 is 14.6 Å². The third-order valence-electron chi connectivity index (χ3n) is 3.28. The van der Waals surface area contributed by atoms with Gasteiger partial charge in [-0.1, -0.05) is 16.8 Å². The predicted octanol–water partition coefficient (Wildman–Crippen LogP) is 3.21. The number of nitrogens with one attached hydrogen (secondary N) is 1. The number of nitrogens with zero attached hydrogens (tertiary/aromatic N) is 2. The molecular weight excluding hydrogens is 278 g/mol. The molecule has 20 heavy (non-hydrogen) atoms. The van der Waals surface area contributed by atoms with Crippen LogP contribution in [-0.4, -0.2) is 23.3 Å². The van der Waals surface area contributed by atoms with Crippen molar-refractivity contribution < 1.29 is 9.26 Å². The van der Waals surface area contributed by atoms with Gasteiger partial charge in [0.2, 0.25) is 11.7 Å². The fourth-order valence-corrected chi connectivity index (χ4v) is 2.51. The van der Waals surface area contributed by atoms with Crippen LogP contribution in [-0.2, 0) is 0 Å². The molecule has 1 saturated heterocycles. The van der Waals surface area contributed by atoms with Gasteiger partial charge in [-0.25, -0.2) is 0 Å². The summed E-state index contributed by atoms with van der Waals surface area (Å²) in [5.41, 5.74) is 0.757. The van der Waals surface area contributed by atoms with Gasteiger partial charge in [-0.2, -0.15) is 4.98 Å². The van der Waals surface area contributed by atoms with E-state index in [2.05, 4.69) is 15.5 Å². The zero-order valence-corrected chi connectivity index (χ0v) is 12.0. The van der Waals surface area contributed by atoms with Crippen molar-refractivity contribution in [2.45, 2.75) is 25.8 Å². The van der Waals surface area contributed by atoms with Crippen molar-refractivity contribution in [1.82, 2.24) is 15.5 Å². The van der Waals surface area contributed by atoms with Crippen LogP contribution in [0.3, 0.4) is 0 Å². The van der Waals surface area contributed by atoms with Gasteiger partial charge in [-0.3, -0.25) is 0 Å². The first-order valence-electron chi connectivity index (χ1n) is 6.77. The zero-order chi connectivity index (χ0) is 13.9. The highest BCUT2D eigenvalue weighted by atomic mass is 35.5. The summed E-state index contributed by atoms with van der Waals surface area (Å²) in [6.07, 6.45) is 2.15. The molecule has 0 saturated carbocycles. The van der Waals surface area contributed by atoms with E-state index in [1.165, 1.54) is 0 Å². The third-order valence-corrected chi connectivity index (χ3v) is 3.52. The van der Waals surface area contributed by atoms with Crippen LogP contribution in [0.2, 0.25) is 5.02 Å². The lowest BCUT2D eigenvalue weighted by Crippen LogP contribution is -2.12. The number of ether oxygens (including phenoxy) is 1. The van der Waals surface area contributed by atoms with Crippen LogP contribution in [0.1, 0.15) is 31.7 Å². The second-order valence-corrected chi connectivity index (χ2v) is 5.12. The molecular formula is C14H16ClN3O2. The van der Waals surface area contributed by atoms with Crippen LogP contribution < -0.4 is 10.1 Å². The number of rotatable bonds is 4. The van der Waals surface area contributed by atoms with Gasteiger partial charge in [0, 0.05) is 5.02 Å². The van der Waals surface area contributed by atoms with Crippen molar-refractivity contribution in [3.8, 4) is 17.1 Å². The van der Waals surface area contributed by atoms with Crippen molar-refractivity contribution in [3.63, 3.8) is 0 Å². The molecule has 106 valence electrons. The lowest BCUT2D eigenvalue weighted by atomic mass is 10.2. The lowest BCUT2D eigenvalue weighted by molar-refractivity contribution is 0.338. The Morgan fingerprint density at radius 3 is 3.15 bits per heavy atom. The fraction of sp³-hybridized carbons (Fsp3) is 0.429. The van der Waals surface area contributed by atoms with Gasteiger partial charge in [-0.05, 0) is 44.5 Å². The molecule has 0 radical (unpaired) electrons. The standard InChI is InChI=1S/C14H16ClN3O2/c1-2-19-12-6-5-9(15)8-10(12)13-17-14(20-18-13)11-4-3-7-16-11/h5-6,8,11,16H,2-4,7H2,1H3/t11-/m1/s1. The van der Waals surface area contributed by atoms with E-state index in [9.17, 15) is 0 Å². The number of hydrogen-bond acceptors (Lipinski definition) is 5. The minimum atomic E-state index is 0.158. The number of hydrogen-bond donors (Lipinski definition) is 1. The van der Waals surface area contributed by atoms with E-state index >= 15 is 0 Å². The normalized spacial score (nSPS) is 18.4. The Labute approximate surface area is 122 Å². The van der Waals surface area contributed by atoms with Gasteiger partial charge >= 0.3 is 0 Å². The van der Waals surface area contributed by atoms with E-state index in [1.54, 1.807) is 12.1 Å². The van der Waals surface area contributed by atoms with Gasteiger partial charge in [0.15, 0.2) is 0 Å². The highest BCUT2D eigenvalue weighted by Crippen LogP contribution is 2.32. The molecule has 1 aliphatic heterocycles. The molecule has 2 aromatic rings. The molecule has 0 bridgehead atoms. The minimum absolute atomic E-state index is 0.158. The maximum Gasteiger partial charge on any atom is 0.244 e. The summed E-state index contributed by atoms with van der Waals surface area (Å²) in [6.45, 7) is 3.50. The van der Waals surface area contributed by atoms with Gasteiger partial charge in [0.05, 0.1) is 18.2 Å². The second-order valence-electron chi connectivity index (χ2n) is 4.68. The van der Waals surface area contributed by atoms with E-state index in [4.69, 9.17) is 20.9 Å². The monoisotopic (exact) mass is 293 g/mol. The minimum Gasteiger partial charge on any atom is -0.493 e. The highest BCUT2D eigenvalue weighted by Gasteiger charge is 2.23. The first-order valence-corrected chi connectivity index (χ1v) is 7.15. The maximum absolute atomic E-state index is 6.05. The molecule has 5 nitrogen and oxygen atoms in total. The molecule has 1 N–H and O–H groups in total. The van der Waals surface area contributed by atoms with Crippen LogP contribution >= 0.6 is 11.6 Å². The topological polar surface area (TPSA) is 60.2 Å². The quantitative estimate of drug-likeness (QED) is 0.938. The average Bonchev–Trinajstić information content (AvgIpc) is 3.11. The second kappa shape index (κ2) is 5.81. The lowest BCUT2D eigenvalue weighted by Gasteiger charge is -2.07. The molecule has 1 atom stereocenters. The predicted molar refractivity (Wildman–Crippen MR) is 75.9 cm³/mol. The largest absolute Gasteiger partial charge is 0.493 e. The zero-order valence-electron chi connectivity index (χ0n) is 11.2. The summed E-state index contributed by atoms with van der Waals surface area (Å²) in [5.74, 6) is 1.85. The molecule has 0 amide bonds. The first-order chi connectivity index (χ1) is 9.78. The van der Waals surface area contributed by atoms with Crippen molar-refractivity contribution in [2.24, 2.45) is 0 Å². The summed E-state index contributed by atoms with van der Waals surface area (Å²) in [5, 5.41) is 8.00. The highest BCUT2D eigenvalue weighted by molar-refractivity contribution is 6.30. The third kappa shape index (κ3) is 2.64. The molecule has 2 heterocycles. The van der Waals surface area contributed by atoms with Gasteiger partial charge in [0.1, 0.15) is 5.75 Å². The summed E-state index contributed by atoms with van der Waals surface area (Å²) in [4.78, 5) is 4.47. The Morgan fingerprint density at radius 2 is 2.40 bits per heavy atom. The van der Waals surface area contributed by atoms with E-state index in [0.29, 0.717) is 29.1 Å². The van der Waals surface area contributed by atoms with Gasteiger partial charge in [0.25, 0.3) is 0 Å². The first kappa shape index (κ1) is 13.4. The van der Waals surface area contributed by atoms with Crippen molar-refractivity contribution in [1.29, 1.82) is 0 Å². The Kier molecular flexibility index (Phi) is 3.89. The van der Waals surface area contributed by atoms with Crippen molar-refractivity contribution >= 4 is 11.6 Å². The molecule has 1 fully saturated rings. The molecule has 1 aromatic carbocycles. The average molecular weight is 294 g/mol. The molecule has 0 unspecified atom stereocenters. The molecule has 1 aromatic heterocycles. The van der Waals surface area contributed by atoms with Crippen LogP contribution in [0.25, 0.3) is 11.4 Å². The summed E-state index contributed by atoms with van der Waals surface area (Å²) < 4.78 is 10.9. The number of aromatic nitrogens is 2. The van der Waals surface area contributed by atoms with E-state index < -0.39 is 0 Å². The molecule has 0 aliphatic carbocycles. The molecule has 3 rings (SSSR count). The SMILES string of the molecule is CCOc1ccc(Cl)cc1-c1noc([C@H]2CCCN2)n1. The molecule has 6 heteroatoms. The van der Waals surface area contributed by atoms with Crippen LogP contribution in [0, 0.1) is 0 Å². The summed E-state index contributed by atoms with van der Waals surface area (Å²) >= 11 is 6.05. The summed E-state index contributed by atoms with van der Waals surface area (Å²) in [7, 11) is 0. The molecule has 1 aliphatic rings. The van der Waals surface area contributed by atoms with E-state index in [1.807, 2.05) is 13.0 Å². The smallest absolute Gasteiger partial charge is 0.244 e. The van der Waals surface area contributed by atoms with Crippen molar-refractivity contribution in [2.75, 3.05) is 13.2 Å². The Bertz CT molecular complexity index is 594. The van der Waals surface area contributed by atoms with E-state index in [0.717, 1.165) is 24.9 Å². The van der Waals surface area contributed by atoms with Gasteiger partial charge in [-0.15, -0.1) is 0 Å². The van der Waals surface area contributed by atoms with Crippen LogP contribution in [0.4, 0.5) is 0 Å². The number of benzene rings is 1. The number of halogens is 1. The summed E-state index contributed by atoms with van der Waals surface area (Å²) in [6, 6.07) is 5.56.